The number of fused-ring (bicyclic) bond motifs is 7. The Balaban J connectivity index is 1.30. The normalized spacial score (nSPS) is 16.7. The first-order valence-corrected chi connectivity index (χ1v) is 20.3. The number of benzene rings is 8. The molecule has 1 unspecified atom stereocenters. The standard InChI is InChI=1S/C50H34N2S2/c51-48-47(54-48)33-15-11-13-31(27-33)41-29-43-45(39-23-9-7-21-37(39)41)46-40-24-10-8-22-38(40)42(32-14-12-16-34(28-32)49-52-25-26-53-49)30-44(46)50(43,35-17-3-1-4-18-35)36-19-5-2-6-20-36/h1-30,47-48H,51H2/t47-,48?/m0/s1. The number of nitrogens with zero attached hydrogens (tertiary/aromatic N) is 1. The van der Waals surface area contributed by atoms with Gasteiger partial charge in [-0.25, -0.2) is 4.98 Å². The third kappa shape index (κ3) is 4.74. The van der Waals surface area contributed by atoms with Gasteiger partial charge in [0.25, 0.3) is 0 Å². The molecule has 11 rings (SSSR count). The van der Waals surface area contributed by atoms with E-state index in [-0.39, 0.29) is 5.37 Å². The van der Waals surface area contributed by atoms with Gasteiger partial charge in [0.05, 0.1) is 16.0 Å². The Morgan fingerprint density at radius 1 is 0.500 bits per heavy atom. The predicted molar refractivity (Wildman–Crippen MR) is 229 cm³/mol. The molecule has 54 heavy (non-hydrogen) atoms. The van der Waals surface area contributed by atoms with Crippen molar-refractivity contribution in [1.82, 2.24) is 4.98 Å². The largest absolute Gasteiger partial charge is 0.318 e. The second kappa shape index (κ2) is 12.4. The quantitative estimate of drug-likeness (QED) is 0.173. The van der Waals surface area contributed by atoms with E-state index in [1.54, 1.807) is 11.3 Å². The van der Waals surface area contributed by atoms with E-state index in [1.165, 1.54) is 82.7 Å². The zero-order valence-corrected chi connectivity index (χ0v) is 30.9. The van der Waals surface area contributed by atoms with E-state index in [0.29, 0.717) is 5.25 Å². The van der Waals surface area contributed by atoms with Crippen molar-refractivity contribution in [2.75, 3.05) is 0 Å². The van der Waals surface area contributed by atoms with Crippen LogP contribution in [-0.2, 0) is 5.41 Å². The fourth-order valence-corrected chi connectivity index (χ4v) is 10.5. The fraction of sp³-hybridized carbons (Fsp3) is 0.0600. The molecule has 2 heterocycles. The Hall–Kier alpha value is -5.78. The zero-order chi connectivity index (χ0) is 35.8. The van der Waals surface area contributed by atoms with Gasteiger partial charge in [-0.1, -0.05) is 146 Å². The molecule has 0 radical (unpaired) electrons. The number of nitrogens with two attached hydrogens (primary N) is 1. The molecule has 0 bridgehead atoms. The Labute approximate surface area is 323 Å². The van der Waals surface area contributed by atoms with E-state index < -0.39 is 5.41 Å². The Bertz CT molecular complexity index is 2840. The summed E-state index contributed by atoms with van der Waals surface area (Å²) in [4.78, 5) is 4.67. The maximum Gasteiger partial charge on any atom is 0.123 e. The van der Waals surface area contributed by atoms with Gasteiger partial charge in [-0.3, -0.25) is 0 Å². The molecular weight excluding hydrogens is 693 g/mol. The minimum Gasteiger partial charge on any atom is -0.318 e. The van der Waals surface area contributed by atoms with Crippen LogP contribution in [0.4, 0.5) is 0 Å². The first kappa shape index (κ1) is 31.7. The van der Waals surface area contributed by atoms with Crippen LogP contribution in [0, 0.1) is 0 Å². The molecule has 2 atom stereocenters. The minimum absolute atomic E-state index is 0.167. The molecule has 1 fully saturated rings. The maximum absolute atomic E-state index is 6.36. The van der Waals surface area contributed by atoms with Crippen LogP contribution in [0.2, 0.25) is 0 Å². The smallest absolute Gasteiger partial charge is 0.123 e. The van der Waals surface area contributed by atoms with Crippen LogP contribution in [-0.4, -0.2) is 10.4 Å². The summed E-state index contributed by atoms with van der Waals surface area (Å²) in [6.45, 7) is 0. The highest BCUT2D eigenvalue weighted by atomic mass is 32.2. The highest BCUT2D eigenvalue weighted by molar-refractivity contribution is 8.07. The number of thiazole rings is 1. The van der Waals surface area contributed by atoms with Crippen molar-refractivity contribution in [3.8, 4) is 44.0 Å². The number of rotatable bonds is 6. The summed E-state index contributed by atoms with van der Waals surface area (Å²) in [5, 5.41) is 8.63. The van der Waals surface area contributed by atoms with Gasteiger partial charge in [0.2, 0.25) is 0 Å². The van der Waals surface area contributed by atoms with Gasteiger partial charge in [0.15, 0.2) is 0 Å². The first-order valence-electron chi connectivity index (χ1n) is 18.5. The Morgan fingerprint density at radius 3 is 1.54 bits per heavy atom. The molecule has 2 N–H and O–H groups in total. The van der Waals surface area contributed by atoms with Gasteiger partial charge in [0, 0.05) is 17.1 Å². The van der Waals surface area contributed by atoms with Crippen molar-refractivity contribution in [2.24, 2.45) is 5.73 Å². The third-order valence-corrected chi connectivity index (χ3v) is 13.4. The second-order valence-electron chi connectivity index (χ2n) is 14.3. The summed E-state index contributed by atoms with van der Waals surface area (Å²) in [5.41, 5.74) is 20.8. The van der Waals surface area contributed by atoms with Crippen molar-refractivity contribution in [3.05, 3.63) is 209 Å². The topological polar surface area (TPSA) is 38.9 Å². The molecule has 2 nitrogen and oxygen atoms in total. The molecule has 0 amide bonds. The summed E-state index contributed by atoms with van der Waals surface area (Å²) in [6.07, 6.45) is 1.89. The molecule has 8 aromatic carbocycles. The number of aromatic nitrogens is 1. The van der Waals surface area contributed by atoms with Crippen LogP contribution >= 0.6 is 23.1 Å². The molecular formula is C50H34N2S2. The van der Waals surface area contributed by atoms with Gasteiger partial charge in [-0.15, -0.1) is 23.1 Å². The molecule has 0 spiro atoms. The average Bonchev–Trinajstić information content (AvgIpc) is 3.59. The molecule has 1 saturated heterocycles. The van der Waals surface area contributed by atoms with Crippen molar-refractivity contribution < 1.29 is 0 Å². The molecule has 9 aromatic rings. The van der Waals surface area contributed by atoms with Crippen LogP contribution in [0.5, 0.6) is 0 Å². The summed E-state index contributed by atoms with van der Waals surface area (Å²) in [5.74, 6) is 0. The van der Waals surface area contributed by atoms with Gasteiger partial charge in [-0.05, 0) is 107 Å². The molecule has 1 aliphatic carbocycles. The van der Waals surface area contributed by atoms with E-state index in [2.05, 4.69) is 175 Å². The van der Waals surface area contributed by atoms with Gasteiger partial charge < -0.3 is 5.73 Å². The Morgan fingerprint density at radius 2 is 1.00 bits per heavy atom. The third-order valence-electron chi connectivity index (χ3n) is 11.5. The molecule has 256 valence electrons. The lowest BCUT2D eigenvalue weighted by Crippen LogP contribution is -2.28. The van der Waals surface area contributed by atoms with E-state index in [0.717, 1.165) is 10.6 Å². The van der Waals surface area contributed by atoms with Crippen molar-refractivity contribution >= 4 is 44.6 Å². The van der Waals surface area contributed by atoms with Crippen molar-refractivity contribution in [3.63, 3.8) is 0 Å². The van der Waals surface area contributed by atoms with Crippen LogP contribution in [0.3, 0.4) is 0 Å². The lowest BCUT2D eigenvalue weighted by molar-refractivity contribution is 0.770. The van der Waals surface area contributed by atoms with Crippen LogP contribution in [0.15, 0.2) is 181 Å². The predicted octanol–water partition coefficient (Wildman–Crippen LogP) is 12.9. The summed E-state index contributed by atoms with van der Waals surface area (Å²) >= 11 is 3.51. The molecule has 2 aliphatic rings. The van der Waals surface area contributed by atoms with E-state index in [1.807, 2.05) is 23.3 Å². The van der Waals surface area contributed by atoms with Crippen molar-refractivity contribution in [2.45, 2.75) is 16.0 Å². The number of hydrogen-bond donors (Lipinski definition) is 1. The summed E-state index contributed by atoms with van der Waals surface area (Å²) < 4.78 is 0. The van der Waals surface area contributed by atoms with Gasteiger partial charge >= 0.3 is 0 Å². The lowest BCUT2D eigenvalue weighted by Gasteiger charge is -2.34. The fourth-order valence-electron chi connectivity index (χ4n) is 9.13. The lowest BCUT2D eigenvalue weighted by atomic mass is 9.66. The molecule has 1 aromatic heterocycles. The van der Waals surface area contributed by atoms with E-state index >= 15 is 0 Å². The molecule has 0 saturated carbocycles. The van der Waals surface area contributed by atoms with Gasteiger partial charge in [0.1, 0.15) is 5.01 Å². The van der Waals surface area contributed by atoms with Crippen LogP contribution in [0.1, 0.15) is 33.1 Å². The second-order valence-corrected chi connectivity index (χ2v) is 16.6. The monoisotopic (exact) mass is 726 g/mol. The minimum atomic E-state index is -0.593. The summed E-state index contributed by atoms with van der Waals surface area (Å²) in [7, 11) is 0. The zero-order valence-electron chi connectivity index (χ0n) is 29.3. The van der Waals surface area contributed by atoms with E-state index in [9.17, 15) is 0 Å². The highest BCUT2D eigenvalue weighted by Crippen LogP contribution is 2.61. The SMILES string of the molecule is NC1S[C@H]1c1cccc(-c2cc3c(c4ccccc24)-c2c(cc(-c4cccc(-c5nccs5)c4)c4ccccc24)C3(c2ccccc2)c2ccccc2)c1. The Kier molecular flexibility index (Phi) is 7.28. The maximum atomic E-state index is 6.36. The van der Waals surface area contributed by atoms with Crippen LogP contribution in [0.25, 0.3) is 65.5 Å². The number of thioether (sulfide) groups is 1. The average molecular weight is 727 g/mol. The van der Waals surface area contributed by atoms with Crippen molar-refractivity contribution in [1.29, 1.82) is 0 Å². The molecule has 4 heteroatoms. The first-order chi connectivity index (χ1) is 26.7. The van der Waals surface area contributed by atoms with Crippen LogP contribution < -0.4 is 5.73 Å². The van der Waals surface area contributed by atoms with E-state index in [4.69, 9.17) is 5.73 Å². The molecule has 1 aliphatic heterocycles. The highest BCUT2D eigenvalue weighted by Gasteiger charge is 2.48. The summed E-state index contributed by atoms with van der Waals surface area (Å²) in [6, 6.07) is 63.4. The number of hydrogen-bond acceptors (Lipinski definition) is 4. The van der Waals surface area contributed by atoms with Gasteiger partial charge in [-0.2, -0.15) is 0 Å².